The van der Waals surface area contributed by atoms with Gasteiger partial charge in [-0.2, -0.15) is 0 Å². The molecule has 0 saturated carbocycles. The molecule has 1 saturated heterocycles. The molecule has 0 spiro atoms. The molecular weight excluding hydrogens is 488 g/mol. The molecule has 37 heavy (non-hydrogen) atoms. The van der Waals surface area contributed by atoms with E-state index >= 15 is 0 Å². The van der Waals surface area contributed by atoms with E-state index in [2.05, 4.69) is 32.6 Å². The Morgan fingerprint density at radius 3 is 2.38 bits per heavy atom. The molecule has 3 aliphatic heterocycles. The summed E-state index contributed by atoms with van der Waals surface area (Å²) in [6.07, 6.45) is 1.72. The predicted octanol–water partition coefficient (Wildman–Crippen LogP) is 4.19. The number of rotatable bonds is 7. The number of carbonyl (C=O) groups is 3. The van der Waals surface area contributed by atoms with Crippen molar-refractivity contribution in [1.29, 1.82) is 0 Å². The molecule has 0 unspecified atom stereocenters. The minimum absolute atomic E-state index is 0.00716. The predicted molar refractivity (Wildman–Crippen MR) is 146 cm³/mol. The van der Waals surface area contributed by atoms with Crippen LogP contribution in [0.1, 0.15) is 57.2 Å². The van der Waals surface area contributed by atoms with Crippen molar-refractivity contribution in [1.82, 2.24) is 14.7 Å². The number of allylic oxidation sites excluding steroid dienone is 1. The van der Waals surface area contributed by atoms with E-state index in [1.807, 2.05) is 29.4 Å². The summed E-state index contributed by atoms with van der Waals surface area (Å²) in [7, 11) is 0. The fourth-order valence-corrected chi connectivity index (χ4v) is 5.72. The van der Waals surface area contributed by atoms with Crippen LogP contribution in [-0.2, 0) is 19.1 Å². The van der Waals surface area contributed by atoms with Crippen molar-refractivity contribution < 1.29 is 19.1 Å². The summed E-state index contributed by atoms with van der Waals surface area (Å²) in [4.78, 5) is 48.4. The Bertz CT molecular complexity index is 1180. The van der Waals surface area contributed by atoms with Crippen molar-refractivity contribution >= 4 is 34.7 Å². The smallest absolute Gasteiger partial charge is 0.338 e. The molecular formula is C28H34N4O4S. The monoisotopic (exact) mass is 522 g/mol. The average Bonchev–Trinajstić information content (AvgIpc) is 3.28. The highest BCUT2D eigenvalue weighted by Gasteiger charge is 2.41. The van der Waals surface area contributed by atoms with E-state index in [4.69, 9.17) is 9.73 Å². The first-order chi connectivity index (χ1) is 17.7. The second-order valence-corrected chi connectivity index (χ2v) is 10.5. The molecule has 1 aromatic rings. The number of benzene rings is 1. The van der Waals surface area contributed by atoms with Crippen LogP contribution in [0.25, 0.3) is 0 Å². The number of amides is 2. The van der Waals surface area contributed by atoms with Gasteiger partial charge in [0, 0.05) is 38.8 Å². The van der Waals surface area contributed by atoms with Crippen molar-refractivity contribution in [2.75, 3.05) is 32.8 Å². The third-order valence-electron chi connectivity index (χ3n) is 6.88. The molecule has 9 heteroatoms. The number of hydrogen-bond donors (Lipinski definition) is 0. The van der Waals surface area contributed by atoms with E-state index < -0.39 is 12.0 Å². The molecule has 0 N–H and O–H groups in total. The van der Waals surface area contributed by atoms with Crippen LogP contribution >= 0.6 is 11.8 Å². The normalized spacial score (nSPS) is 19.5. The summed E-state index contributed by atoms with van der Waals surface area (Å²) >= 11 is 1.46. The fourth-order valence-electron chi connectivity index (χ4n) is 4.76. The minimum atomic E-state index is -0.463. The lowest BCUT2D eigenvalue weighted by molar-refractivity contribution is -0.138. The first kappa shape index (κ1) is 26.7. The molecule has 0 aliphatic carbocycles. The Morgan fingerprint density at radius 1 is 1.14 bits per heavy atom. The second-order valence-electron chi connectivity index (χ2n) is 9.67. The Labute approximate surface area is 222 Å². The molecule has 4 rings (SSSR count). The summed E-state index contributed by atoms with van der Waals surface area (Å²) in [6.45, 7) is 13.5. The Balaban J connectivity index is 1.62. The molecule has 0 radical (unpaired) electrons. The fraction of sp³-hybridized carbons (Fsp3) is 0.429. The summed E-state index contributed by atoms with van der Waals surface area (Å²) in [6, 6.07) is 7.79. The van der Waals surface area contributed by atoms with E-state index in [1.165, 1.54) is 17.3 Å². The number of thioether (sulfide) groups is 1. The van der Waals surface area contributed by atoms with E-state index in [1.54, 1.807) is 22.8 Å². The zero-order valence-electron chi connectivity index (χ0n) is 21.9. The van der Waals surface area contributed by atoms with Gasteiger partial charge >= 0.3 is 5.97 Å². The highest BCUT2D eigenvalue weighted by Crippen LogP contribution is 2.45. The lowest BCUT2D eigenvalue weighted by Crippen LogP contribution is -2.50. The third kappa shape index (κ3) is 5.66. The van der Waals surface area contributed by atoms with Gasteiger partial charge in [-0.3, -0.25) is 9.59 Å². The lowest BCUT2D eigenvalue weighted by atomic mass is 9.92. The van der Waals surface area contributed by atoms with E-state index in [0.29, 0.717) is 43.4 Å². The van der Waals surface area contributed by atoms with Crippen molar-refractivity contribution in [2.45, 2.75) is 46.1 Å². The second kappa shape index (κ2) is 11.4. The number of esters is 1. The highest BCUT2D eigenvalue weighted by molar-refractivity contribution is 8.16. The molecule has 1 fully saturated rings. The molecule has 8 nitrogen and oxygen atoms in total. The number of carbonyl (C=O) groups excluding carboxylic acids is 3. The van der Waals surface area contributed by atoms with Crippen LogP contribution in [0.2, 0.25) is 0 Å². The van der Waals surface area contributed by atoms with Gasteiger partial charge in [-0.05, 0) is 29.4 Å². The maximum atomic E-state index is 13.3. The zero-order chi connectivity index (χ0) is 26.7. The Hall–Kier alpha value is -3.33. The van der Waals surface area contributed by atoms with Crippen LogP contribution in [0.3, 0.4) is 0 Å². The Morgan fingerprint density at radius 2 is 1.78 bits per heavy atom. The van der Waals surface area contributed by atoms with Gasteiger partial charge in [-0.1, -0.05) is 62.5 Å². The maximum Gasteiger partial charge on any atom is 0.338 e. The maximum absolute atomic E-state index is 13.3. The molecule has 196 valence electrons. The summed E-state index contributed by atoms with van der Waals surface area (Å²) in [5.74, 6) is -0.0421. The number of amidine groups is 1. The number of piperazine rings is 1. The molecule has 1 aromatic carbocycles. The summed E-state index contributed by atoms with van der Waals surface area (Å²) < 4.78 is 5.46. The van der Waals surface area contributed by atoms with Crippen LogP contribution < -0.4 is 0 Å². The van der Waals surface area contributed by atoms with Gasteiger partial charge in [-0.25, -0.2) is 9.79 Å². The molecule has 0 aromatic heterocycles. The standard InChI is InChI=1S/C28H34N4O4S/c1-6-15-36-27(35)25-19(4)29-28-32(26(25)22-9-7-21(8-10-22)18(2)3)23(17-37-28)16-24(34)31-13-11-30(12-14-31)20(5)33/h6-10,17-18,26H,1,11-16H2,2-5H3/t26-/m0/s1. The SMILES string of the molecule is C=CCOC(=O)C1=C(C)N=C2SC=C(CC(=O)N3CCN(C(C)=O)CC3)N2[C@H]1c1ccc(C(C)C)cc1. The van der Waals surface area contributed by atoms with Gasteiger partial charge in [-0.15, -0.1) is 0 Å². The Kier molecular flexibility index (Phi) is 8.22. The topological polar surface area (TPSA) is 82.5 Å². The first-order valence-electron chi connectivity index (χ1n) is 12.6. The van der Waals surface area contributed by atoms with Crippen molar-refractivity contribution in [3.8, 4) is 0 Å². The van der Waals surface area contributed by atoms with Crippen LogP contribution in [0, 0.1) is 0 Å². The molecule has 2 amide bonds. The van der Waals surface area contributed by atoms with Crippen LogP contribution in [0.4, 0.5) is 0 Å². The number of ether oxygens (including phenoxy) is 1. The zero-order valence-corrected chi connectivity index (χ0v) is 22.7. The van der Waals surface area contributed by atoms with Crippen molar-refractivity contribution in [3.05, 3.63) is 70.4 Å². The average molecular weight is 523 g/mol. The molecule has 3 aliphatic rings. The van der Waals surface area contributed by atoms with Gasteiger partial charge in [0.25, 0.3) is 0 Å². The van der Waals surface area contributed by atoms with E-state index in [-0.39, 0.29) is 24.8 Å². The number of fused-ring (bicyclic) bond motifs is 1. The van der Waals surface area contributed by atoms with Crippen LogP contribution in [-0.4, -0.2) is 70.4 Å². The minimum Gasteiger partial charge on any atom is -0.458 e. The van der Waals surface area contributed by atoms with Gasteiger partial charge in [0.15, 0.2) is 5.17 Å². The molecule has 1 atom stereocenters. The van der Waals surface area contributed by atoms with Crippen LogP contribution in [0.5, 0.6) is 0 Å². The number of nitrogens with zero attached hydrogens (tertiary/aromatic N) is 4. The quantitative estimate of drug-likeness (QED) is 0.394. The highest BCUT2D eigenvalue weighted by atomic mass is 32.2. The molecule has 0 bridgehead atoms. The first-order valence-corrected chi connectivity index (χ1v) is 13.4. The van der Waals surface area contributed by atoms with E-state index in [0.717, 1.165) is 16.4 Å². The largest absolute Gasteiger partial charge is 0.458 e. The summed E-state index contributed by atoms with van der Waals surface area (Å²) in [5.41, 5.74) is 3.99. The van der Waals surface area contributed by atoms with Crippen molar-refractivity contribution in [3.63, 3.8) is 0 Å². The lowest BCUT2D eigenvalue weighted by Gasteiger charge is -2.38. The number of hydrogen-bond acceptors (Lipinski definition) is 7. The molecule has 3 heterocycles. The van der Waals surface area contributed by atoms with Gasteiger partial charge in [0.1, 0.15) is 6.61 Å². The van der Waals surface area contributed by atoms with Crippen molar-refractivity contribution in [2.24, 2.45) is 4.99 Å². The van der Waals surface area contributed by atoms with Gasteiger partial charge in [0.05, 0.1) is 23.7 Å². The van der Waals surface area contributed by atoms with Crippen LogP contribution in [0.15, 0.2) is 64.3 Å². The van der Waals surface area contributed by atoms with Gasteiger partial charge < -0.3 is 19.4 Å². The summed E-state index contributed by atoms with van der Waals surface area (Å²) in [5, 5.41) is 2.68. The third-order valence-corrected chi connectivity index (χ3v) is 7.77. The number of aliphatic imine (C=N–C) groups is 1. The van der Waals surface area contributed by atoms with Gasteiger partial charge in [0.2, 0.25) is 11.8 Å². The van der Waals surface area contributed by atoms with E-state index in [9.17, 15) is 14.4 Å².